The second kappa shape index (κ2) is 11.1. The van der Waals surface area contributed by atoms with Crippen LogP contribution in [0.15, 0.2) is 34.9 Å². The van der Waals surface area contributed by atoms with E-state index in [1.807, 2.05) is 30.3 Å². The van der Waals surface area contributed by atoms with Gasteiger partial charge >= 0.3 is 12.1 Å². The van der Waals surface area contributed by atoms with E-state index < -0.39 is 24.0 Å². The van der Waals surface area contributed by atoms with Crippen LogP contribution in [0.5, 0.6) is 0 Å². The number of cyclic esters (lactones) is 1. The van der Waals surface area contributed by atoms with Crippen molar-refractivity contribution in [1.82, 2.24) is 10.1 Å². The Balaban J connectivity index is 1.34. The van der Waals surface area contributed by atoms with E-state index >= 15 is 0 Å². The lowest BCUT2D eigenvalue weighted by Crippen LogP contribution is -2.44. The normalized spacial score (nSPS) is 23.8. The maximum Gasteiger partial charge on any atom is 0.416 e. The first-order valence-corrected chi connectivity index (χ1v) is 14.3. The third kappa shape index (κ3) is 6.53. The lowest BCUT2D eigenvalue weighted by Gasteiger charge is -2.38. The van der Waals surface area contributed by atoms with Gasteiger partial charge in [-0.2, -0.15) is 0 Å². The number of aliphatic carboxylic acids is 1. The number of carboxylic acid groups (broad SMARTS) is 1. The minimum Gasteiger partial charge on any atom is -0.481 e. The van der Waals surface area contributed by atoms with Gasteiger partial charge in [0.05, 0.1) is 11.7 Å². The van der Waals surface area contributed by atoms with E-state index in [1.54, 1.807) is 0 Å². The lowest BCUT2D eigenvalue weighted by molar-refractivity contribution is -0.138. The number of carboxylic acids is 1. The first-order chi connectivity index (χ1) is 18.6. The third-order valence-electron chi connectivity index (χ3n) is 8.33. The number of nitrogens with zero attached hydrogens (tertiary/aromatic N) is 2. The van der Waals surface area contributed by atoms with Crippen LogP contribution in [0.4, 0.5) is 4.79 Å². The molecule has 1 saturated heterocycles. The average molecular weight is 537 g/mol. The molecule has 8 nitrogen and oxygen atoms in total. The van der Waals surface area contributed by atoms with Crippen LogP contribution in [0.2, 0.25) is 0 Å². The Morgan fingerprint density at radius 2 is 1.85 bits per heavy atom. The first kappa shape index (κ1) is 27.4. The molecule has 2 unspecified atom stereocenters. The molecule has 5 rings (SSSR count). The van der Waals surface area contributed by atoms with Crippen LogP contribution in [0.3, 0.4) is 0 Å². The van der Waals surface area contributed by atoms with Crippen LogP contribution < -0.4 is 0 Å². The van der Waals surface area contributed by atoms with Crippen molar-refractivity contribution in [3.63, 3.8) is 0 Å². The van der Waals surface area contributed by atoms with E-state index in [4.69, 9.17) is 9.26 Å². The number of ether oxygens (including phenoxy) is 1. The second-order valence-corrected chi connectivity index (χ2v) is 12.9. The maximum atomic E-state index is 13.8. The largest absolute Gasteiger partial charge is 0.481 e. The number of carbonyl (C=O) groups is 3. The summed E-state index contributed by atoms with van der Waals surface area (Å²) in [6, 6.07) is 9.25. The zero-order valence-electron chi connectivity index (χ0n) is 23.2. The molecule has 2 amide bonds. The molecule has 2 heterocycles. The Bertz CT molecular complexity index is 1190. The maximum absolute atomic E-state index is 13.8. The lowest BCUT2D eigenvalue weighted by atomic mass is 9.67. The molecule has 8 heteroatoms. The van der Waals surface area contributed by atoms with Gasteiger partial charge in [-0.05, 0) is 67.8 Å². The molecule has 1 aromatic heterocycles. The molecule has 3 aliphatic rings. The molecule has 1 aromatic carbocycles. The van der Waals surface area contributed by atoms with E-state index in [2.05, 4.69) is 25.9 Å². The van der Waals surface area contributed by atoms with Gasteiger partial charge < -0.3 is 14.4 Å². The van der Waals surface area contributed by atoms with Crippen molar-refractivity contribution in [1.29, 1.82) is 0 Å². The summed E-state index contributed by atoms with van der Waals surface area (Å²) in [6.07, 6.45) is 5.57. The number of imide groups is 1. The summed E-state index contributed by atoms with van der Waals surface area (Å²) in [5.74, 6) is 0.329. The van der Waals surface area contributed by atoms with Gasteiger partial charge in [-0.15, -0.1) is 0 Å². The number of carbonyl (C=O) groups excluding carboxylic acids is 2. The highest BCUT2D eigenvalue weighted by Gasteiger charge is 2.44. The van der Waals surface area contributed by atoms with Crippen molar-refractivity contribution in [2.24, 2.45) is 17.3 Å². The summed E-state index contributed by atoms with van der Waals surface area (Å²) < 4.78 is 11.2. The summed E-state index contributed by atoms with van der Waals surface area (Å²) >= 11 is 0. The van der Waals surface area contributed by atoms with Crippen molar-refractivity contribution in [3.8, 4) is 0 Å². The van der Waals surface area contributed by atoms with E-state index in [0.717, 1.165) is 48.3 Å². The molecule has 1 N–H and O–H groups in total. The first-order valence-electron chi connectivity index (χ1n) is 14.3. The fourth-order valence-corrected chi connectivity index (χ4v) is 6.39. The van der Waals surface area contributed by atoms with Crippen molar-refractivity contribution in [2.45, 2.75) is 96.4 Å². The average Bonchev–Trinajstić information content (AvgIpc) is 3.51. The SMILES string of the molecule is CC(C)(C)CC1CC(c2onc(CC(CCC(=O)O)C(=O)N3C(=O)OCC3Cc3ccccc3)c2C2CC2)C1. The molecule has 3 fully saturated rings. The predicted molar refractivity (Wildman–Crippen MR) is 144 cm³/mol. The van der Waals surface area contributed by atoms with Crippen LogP contribution in [-0.4, -0.2) is 45.8 Å². The fraction of sp³-hybridized carbons (Fsp3) is 0.613. The molecule has 0 radical (unpaired) electrons. The molecular weight excluding hydrogens is 496 g/mol. The van der Waals surface area contributed by atoms with Gasteiger partial charge in [0.15, 0.2) is 0 Å². The van der Waals surface area contributed by atoms with Crippen LogP contribution >= 0.6 is 0 Å². The van der Waals surface area contributed by atoms with Crippen LogP contribution in [0, 0.1) is 17.3 Å². The molecule has 2 aliphatic carbocycles. The molecule has 210 valence electrons. The molecule has 0 spiro atoms. The molecular formula is C31H40N2O6. The van der Waals surface area contributed by atoms with E-state index in [0.29, 0.717) is 29.6 Å². The predicted octanol–water partition coefficient (Wildman–Crippen LogP) is 6.10. The van der Waals surface area contributed by atoms with Crippen molar-refractivity contribution in [3.05, 3.63) is 52.9 Å². The zero-order valence-corrected chi connectivity index (χ0v) is 23.2. The van der Waals surface area contributed by atoms with Gasteiger partial charge in [0.25, 0.3) is 0 Å². The summed E-state index contributed by atoms with van der Waals surface area (Å²) in [5, 5.41) is 13.9. The van der Waals surface area contributed by atoms with Gasteiger partial charge in [-0.25, -0.2) is 9.69 Å². The second-order valence-electron chi connectivity index (χ2n) is 12.9. The van der Waals surface area contributed by atoms with Gasteiger partial charge in [-0.3, -0.25) is 9.59 Å². The van der Waals surface area contributed by atoms with Crippen molar-refractivity contribution < 1.29 is 28.8 Å². The quantitative estimate of drug-likeness (QED) is 0.370. The summed E-state index contributed by atoms with van der Waals surface area (Å²) in [6.45, 7) is 6.95. The standard InChI is InChI=1S/C31H40N2O6/c1-31(2,3)17-20-13-23(14-20)28-27(21-9-10-21)25(32-39-28)16-22(11-12-26(34)35)29(36)33-24(18-38-30(33)37)15-19-7-5-4-6-8-19/h4-8,20-24H,9-18H2,1-3H3,(H,34,35). The monoisotopic (exact) mass is 536 g/mol. The Hall–Kier alpha value is -3.16. The zero-order chi connectivity index (χ0) is 27.7. The molecule has 39 heavy (non-hydrogen) atoms. The highest BCUT2D eigenvalue weighted by Crippen LogP contribution is 2.52. The molecule has 2 aromatic rings. The Morgan fingerprint density at radius 1 is 1.13 bits per heavy atom. The van der Waals surface area contributed by atoms with Gasteiger partial charge in [0, 0.05) is 30.2 Å². The van der Waals surface area contributed by atoms with Gasteiger partial charge in [0.1, 0.15) is 12.4 Å². The minimum absolute atomic E-state index is 0.124. The third-order valence-corrected chi connectivity index (χ3v) is 8.33. The molecule has 2 atom stereocenters. The summed E-state index contributed by atoms with van der Waals surface area (Å²) in [4.78, 5) is 39.2. The van der Waals surface area contributed by atoms with Crippen molar-refractivity contribution >= 4 is 18.0 Å². The van der Waals surface area contributed by atoms with E-state index in [9.17, 15) is 19.5 Å². The number of rotatable bonds is 11. The summed E-state index contributed by atoms with van der Waals surface area (Å²) in [7, 11) is 0. The van der Waals surface area contributed by atoms with E-state index in [-0.39, 0.29) is 31.8 Å². The highest BCUT2D eigenvalue weighted by molar-refractivity contribution is 5.95. The van der Waals surface area contributed by atoms with Gasteiger partial charge in [0.2, 0.25) is 5.91 Å². The molecule has 0 bridgehead atoms. The smallest absolute Gasteiger partial charge is 0.416 e. The topological polar surface area (TPSA) is 110 Å². The summed E-state index contributed by atoms with van der Waals surface area (Å²) in [5.41, 5.74) is 3.19. The molecule has 2 saturated carbocycles. The Morgan fingerprint density at radius 3 is 2.49 bits per heavy atom. The fourth-order valence-electron chi connectivity index (χ4n) is 6.39. The van der Waals surface area contributed by atoms with Crippen molar-refractivity contribution in [2.75, 3.05) is 6.61 Å². The molecule has 1 aliphatic heterocycles. The number of hydrogen-bond donors (Lipinski definition) is 1. The Labute approximate surface area is 230 Å². The minimum atomic E-state index is -0.972. The number of amides is 2. The van der Waals surface area contributed by atoms with E-state index in [1.165, 1.54) is 11.3 Å². The number of hydrogen-bond acceptors (Lipinski definition) is 6. The Kier molecular flexibility index (Phi) is 7.83. The highest BCUT2D eigenvalue weighted by atomic mass is 16.6. The van der Waals surface area contributed by atoms with Gasteiger partial charge in [-0.1, -0.05) is 56.3 Å². The van der Waals surface area contributed by atoms with Crippen LogP contribution in [0.1, 0.15) is 100 Å². The van der Waals surface area contributed by atoms with Crippen LogP contribution in [-0.2, 0) is 27.2 Å². The number of aromatic nitrogens is 1. The number of benzene rings is 1. The van der Waals surface area contributed by atoms with Crippen LogP contribution in [0.25, 0.3) is 0 Å².